The Labute approximate surface area is 104 Å². The molecule has 3 nitrogen and oxygen atoms in total. The molecule has 0 aliphatic heterocycles. The summed E-state index contributed by atoms with van der Waals surface area (Å²) in [5.41, 5.74) is 2.82. The fourth-order valence-corrected chi connectivity index (χ4v) is 1.96. The monoisotopic (exact) mass is 244 g/mol. The summed E-state index contributed by atoms with van der Waals surface area (Å²) in [7, 11) is 0. The van der Waals surface area contributed by atoms with Gasteiger partial charge in [-0.2, -0.15) is 0 Å². The van der Waals surface area contributed by atoms with Gasteiger partial charge < -0.3 is 4.98 Å². The van der Waals surface area contributed by atoms with Crippen LogP contribution in [-0.2, 0) is 4.79 Å². The molecule has 0 amide bonds. The van der Waals surface area contributed by atoms with E-state index in [0.717, 1.165) is 22.3 Å². The molecule has 2 rings (SSSR count). The van der Waals surface area contributed by atoms with Gasteiger partial charge in [0.25, 0.3) is 0 Å². The zero-order valence-electron chi connectivity index (χ0n) is 9.49. The van der Waals surface area contributed by atoms with E-state index in [1.54, 1.807) is 13.3 Å². The Kier molecular flexibility index (Phi) is 3.84. The van der Waals surface area contributed by atoms with Crippen LogP contribution in [0.25, 0.3) is 11.0 Å². The molecule has 0 radical (unpaired) electrons. The molecule has 1 aromatic heterocycles. The average molecular weight is 244 g/mol. The number of carbonyl (C=O) groups is 1. The molecule has 0 bridgehead atoms. The third-order valence-corrected chi connectivity index (χ3v) is 3.02. The summed E-state index contributed by atoms with van der Waals surface area (Å²) in [6.07, 6.45) is 2.38. The minimum atomic E-state index is 0.140. The Morgan fingerprint density at radius 3 is 3.24 bits per heavy atom. The minimum Gasteiger partial charge on any atom is -0.345 e. The Hall–Kier alpha value is -1.73. The van der Waals surface area contributed by atoms with Gasteiger partial charge in [0.1, 0.15) is 5.52 Å². The van der Waals surface area contributed by atoms with Gasteiger partial charge in [-0.3, -0.25) is 4.79 Å². The topological polar surface area (TPSA) is 45.8 Å². The number of nitrogens with zero attached hydrogens (tertiary/aromatic N) is 1. The number of nitrogens with one attached hydrogen (secondary N) is 1. The standard InChI is InChI=1S/C13H12N2OS/c1-10(16)17-8-3-2-5-11-6-4-7-12-13(11)15-9-14-12/h4,6-7,9H,3,8H2,1H3,(H,14,15). The third-order valence-electron chi connectivity index (χ3n) is 2.21. The molecule has 0 saturated carbocycles. The van der Waals surface area contributed by atoms with E-state index in [9.17, 15) is 4.79 Å². The van der Waals surface area contributed by atoms with Gasteiger partial charge >= 0.3 is 0 Å². The Balaban J connectivity index is 2.05. The molecule has 1 heterocycles. The highest BCUT2D eigenvalue weighted by atomic mass is 32.2. The van der Waals surface area contributed by atoms with Gasteiger partial charge in [0, 0.05) is 19.1 Å². The van der Waals surface area contributed by atoms with Gasteiger partial charge in [-0.15, -0.1) is 0 Å². The van der Waals surface area contributed by atoms with Gasteiger partial charge in [-0.05, 0) is 12.1 Å². The molecule has 0 fully saturated rings. The van der Waals surface area contributed by atoms with E-state index in [-0.39, 0.29) is 5.12 Å². The molecule has 86 valence electrons. The highest BCUT2D eigenvalue weighted by molar-refractivity contribution is 8.13. The van der Waals surface area contributed by atoms with E-state index in [4.69, 9.17) is 0 Å². The number of benzene rings is 1. The van der Waals surface area contributed by atoms with Gasteiger partial charge in [0.2, 0.25) is 0 Å². The summed E-state index contributed by atoms with van der Waals surface area (Å²) >= 11 is 1.31. The predicted molar refractivity (Wildman–Crippen MR) is 70.7 cm³/mol. The summed E-state index contributed by atoms with van der Waals surface area (Å²) in [6.45, 7) is 1.57. The van der Waals surface area contributed by atoms with Crippen molar-refractivity contribution in [3.8, 4) is 11.8 Å². The Morgan fingerprint density at radius 2 is 2.41 bits per heavy atom. The fourth-order valence-electron chi connectivity index (χ4n) is 1.47. The zero-order valence-corrected chi connectivity index (χ0v) is 10.3. The number of para-hydroxylation sites is 1. The number of hydrogen-bond acceptors (Lipinski definition) is 3. The summed E-state index contributed by atoms with van der Waals surface area (Å²) in [4.78, 5) is 18.0. The second-order valence-electron chi connectivity index (χ2n) is 3.50. The van der Waals surface area contributed by atoms with Crippen LogP contribution in [0, 0.1) is 11.8 Å². The number of carbonyl (C=O) groups excluding carboxylic acids is 1. The molecule has 1 aromatic carbocycles. The summed E-state index contributed by atoms with van der Waals surface area (Å²) in [6, 6.07) is 5.88. The van der Waals surface area contributed by atoms with Gasteiger partial charge in [0.05, 0.1) is 17.4 Å². The first-order valence-electron chi connectivity index (χ1n) is 5.31. The number of rotatable bonds is 2. The van der Waals surface area contributed by atoms with Crippen molar-refractivity contribution in [2.75, 3.05) is 5.75 Å². The van der Waals surface area contributed by atoms with Crippen molar-refractivity contribution < 1.29 is 4.79 Å². The third kappa shape index (κ3) is 3.11. The quantitative estimate of drug-likeness (QED) is 0.652. The molecule has 0 aliphatic rings. The van der Waals surface area contributed by atoms with E-state index in [1.165, 1.54) is 11.8 Å². The van der Waals surface area contributed by atoms with Crippen molar-refractivity contribution in [1.29, 1.82) is 0 Å². The first-order valence-corrected chi connectivity index (χ1v) is 6.30. The van der Waals surface area contributed by atoms with Crippen LogP contribution in [0.4, 0.5) is 0 Å². The molecule has 0 atom stereocenters. The average Bonchev–Trinajstić information content (AvgIpc) is 2.77. The Morgan fingerprint density at radius 1 is 1.53 bits per heavy atom. The van der Waals surface area contributed by atoms with E-state index in [2.05, 4.69) is 21.8 Å². The first kappa shape index (κ1) is 11.7. The van der Waals surface area contributed by atoms with Crippen LogP contribution in [0.2, 0.25) is 0 Å². The highest BCUT2D eigenvalue weighted by Gasteiger charge is 1.99. The normalized spacial score (nSPS) is 9.94. The lowest BCUT2D eigenvalue weighted by atomic mass is 10.2. The number of thioether (sulfide) groups is 1. The summed E-state index contributed by atoms with van der Waals surface area (Å²) in [5.74, 6) is 6.90. The molecule has 0 unspecified atom stereocenters. The summed E-state index contributed by atoms with van der Waals surface area (Å²) < 4.78 is 0. The van der Waals surface area contributed by atoms with E-state index >= 15 is 0 Å². The molecule has 0 saturated heterocycles. The van der Waals surface area contributed by atoms with Crippen LogP contribution >= 0.6 is 11.8 Å². The first-order chi connectivity index (χ1) is 8.27. The molecular weight excluding hydrogens is 232 g/mol. The van der Waals surface area contributed by atoms with Crippen LogP contribution in [0.15, 0.2) is 24.5 Å². The smallest absolute Gasteiger partial charge is 0.185 e. The maximum Gasteiger partial charge on any atom is 0.185 e. The number of fused-ring (bicyclic) bond motifs is 1. The predicted octanol–water partition coefficient (Wildman–Crippen LogP) is 2.58. The SMILES string of the molecule is CC(=O)SCCC#Cc1cccc2[nH]cnc12. The number of H-pyrrole nitrogens is 1. The molecule has 17 heavy (non-hydrogen) atoms. The minimum absolute atomic E-state index is 0.140. The number of aromatic amines is 1. The second-order valence-corrected chi connectivity index (χ2v) is 4.77. The van der Waals surface area contributed by atoms with Crippen LogP contribution in [0.3, 0.4) is 0 Å². The van der Waals surface area contributed by atoms with Crippen molar-refractivity contribution in [2.24, 2.45) is 0 Å². The fraction of sp³-hybridized carbons (Fsp3) is 0.231. The maximum absolute atomic E-state index is 10.7. The molecule has 4 heteroatoms. The maximum atomic E-state index is 10.7. The largest absolute Gasteiger partial charge is 0.345 e. The van der Waals surface area contributed by atoms with Crippen LogP contribution < -0.4 is 0 Å². The molecule has 2 aromatic rings. The van der Waals surface area contributed by atoms with Crippen molar-refractivity contribution in [2.45, 2.75) is 13.3 Å². The molecule has 0 spiro atoms. The van der Waals surface area contributed by atoms with E-state index in [1.807, 2.05) is 18.2 Å². The van der Waals surface area contributed by atoms with Crippen LogP contribution in [0.5, 0.6) is 0 Å². The lowest BCUT2D eigenvalue weighted by molar-refractivity contribution is -0.109. The lowest BCUT2D eigenvalue weighted by Gasteiger charge is -1.92. The van der Waals surface area contributed by atoms with Crippen LogP contribution in [0.1, 0.15) is 18.9 Å². The number of imidazole rings is 1. The van der Waals surface area contributed by atoms with E-state index in [0.29, 0.717) is 6.42 Å². The van der Waals surface area contributed by atoms with Crippen molar-refractivity contribution in [1.82, 2.24) is 9.97 Å². The lowest BCUT2D eigenvalue weighted by Crippen LogP contribution is -1.84. The van der Waals surface area contributed by atoms with Crippen molar-refractivity contribution in [3.05, 3.63) is 30.1 Å². The Bertz CT molecular complexity index is 592. The zero-order chi connectivity index (χ0) is 12.1. The molecule has 0 aliphatic carbocycles. The second kappa shape index (κ2) is 5.55. The summed E-state index contributed by atoms with van der Waals surface area (Å²) in [5, 5.41) is 0.140. The van der Waals surface area contributed by atoms with Gasteiger partial charge in [0.15, 0.2) is 5.12 Å². The number of hydrogen-bond donors (Lipinski definition) is 1. The van der Waals surface area contributed by atoms with Crippen molar-refractivity contribution in [3.63, 3.8) is 0 Å². The van der Waals surface area contributed by atoms with Gasteiger partial charge in [-0.1, -0.05) is 29.7 Å². The highest BCUT2D eigenvalue weighted by Crippen LogP contribution is 2.13. The van der Waals surface area contributed by atoms with Gasteiger partial charge in [-0.25, -0.2) is 4.98 Å². The van der Waals surface area contributed by atoms with Crippen LogP contribution in [-0.4, -0.2) is 20.8 Å². The number of aromatic nitrogens is 2. The molecular formula is C13H12N2OS. The van der Waals surface area contributed by atoms with E-state index < -0.39 is 0 Å². The molecule has 1 N–H and O–H groups in total. The van der Waals surface area contributed by atoms with Crippen molar-refractivity contribution >= 4 is 27.9 Å².